The van der Waals surface area contributed by atoms with Crippen molar-refractivity contribution in [2.24, 2.45) is 0 Å². The summed E-state index contributed by atoms with van der Waals surface area (Å²) in [7, 11) is 0. The maximum Gasteiger partial charge on any atom is 0.356 e. The summed E-state index contributed by atoms with van der Waals surface area (Å²) in [4.78, 5) is 14.7. The summed E-state index contributed by atoms with van der Waals surface area (Å²) in [5, 5.41) is 12.0. The second-order valence-corrected chi connectivity index (χ2v) is 4.12. The van der Waals surface area contributed by atoms with Crippen molar-refractivity contribution >= 4 is 23.4 Å². The topological polar surface area (TPSA) is 62.2 Å². The number of pyridine rings is 1. The molecule has 1 aromatic heterocycles. The number of carbonyl (C=O) groups is 1. The number of aromatic carboxylic acids is 1. The summed E-state index contributed by atoms with van der Waals surface area (Å²) < 4.78 is 0. The van der Waals surface area contributed by atoms with Gasteiger partial charge in [-0.15, -0.1) is 0 Å². The molecule has 0 spiro atoms. The van der Waals surface area contributed by atoms with Crippen molar-refractivity contribution in [3.8, 4) is 0 Å². The van der Waals surface area contributed by atoms with Crippen molar-refractivity contribution in [3.05, 3.63) is 24.0 Å². The lowest BCUT2D eigenvalue weighted by atomic mass is 10.2. The number of rotatable bonds is 5. The van der Waals surface area contributed by atoms with Crippen LogP contribution < -0.4 is 5.32 Å². The predicted molar refractivity (Wildman–Crippen MR) is 62.7 cm³/mol. The van der Waals surface area contributed by atoms with Crippen LogP contribution in [0.15, 0.2) is 18.3 Å². The molecule has 0 fully saturated rings. The van der Waals surface area contributed by atoms with Gasteiger partial charge in [-0.25, -0.2) is 9.78 Å². The highest BCUT2D eigenvalue weighted by atomic mass is 32.2. The number of thioether (sulfide) groups is 1. The first-order valence-corrected chi connectivity index (χ1v) is 5.98. The Labute approximate surface area is 93.1 Å². The molecule has 0 saturated carbocycles. The molecule has 1 unspecified atom stereocenters. The quantitative estimate of drug-likeness (QED) is 0.803. The fourth-order valence-corrected chi connectivity index (χ4v) is 1.83. The fraction of sp³-hybridized carbons (Fsp3) is 0.400. The van der Waals surface area contributed by atoms with E-state index in [9.17, 15) is 4.79 Å². The number of carboxylic acids is 1. The molecule has 0 amide bonds. The molecule has 0 aliphatic carbocycles. The Kier molecular flexibility index (Phi) is 4.42. The van der Waals surface area contributed by atoms with Crippen molar-refractivity contribution in [1.29, 1.82) is 0 Å². The highest BCUT2D eigenvalue weighted by Crippen LogP contribution is 2.14. The second-order valence-electron chi connectivity index (χ2n) is 3.21. The van der Waals surface area contributed by atoms with Gasteiger partial charge in [0.25, 0.3) is 0 Å². The molecular weight excluding hydrogens is 212 g/mol. The molecule has 5 heteroatoms. The second kappa shape index (κ2) is 5.60. The number of aromatic nitrogens is 1. The molecule has 0 radical (unpaired) electrons. The van der Waals surface area contributed by atoms with Crippen LogP contribution in [0.5, 0.6) is 0 Å². The van der Waals surface area contributed by atoms with Crippen molar-refractivity contribution in [2.75, 3.05) is 17.3 Å². The lowest BCUT2D eigenvalue weighted by molar-refractivity contribution is 0.0691. The molecule has 1 aromatic rings. The molecule has 1 atom stereocenters. The van der Waals surface area contributed by atoms with Gasteiger partial charge in [0.1, 0.15) is 0 Å². The van der Waals surface area contributed by atoms with Gasteiger partial charge in [-0.2, -0.15) is 11.8 Å². The number of hydrogen-bond donors (Lipinski definition) is 2. The van der Waals surface area contributed by atoms with E-state index in [1.165, 1.54) is 6.20 Å². The summed E-state index contributed by atoms with van der Waals surface area (Å²) >= 11 is 1.71. The SMILES string of the molecule is CSCC(C)Nc1cccnc1C(=O)O. The van der Waals surface area contributed by atoms with E-state index in [1.807, 2.05) is 13.2 Å². The van der Waals surface area contributed by atoms with E-state index in [1.54, 1.807) is 23.9 Å². The molecule has 0 bridgehead atoms. The maximum absolute atomic E-state index is 10.9. The molecular formula is C10H14N2O2S. The lowest BCUT2D eigenvalue weighted by Gasteiger charge is -2.14. The zero-order valence-electron chi connectivity index (χ0n) is 8.73. The van der Waals surface area contributed by atoms with Gasteiger partial charge in [0, 0.05) is 18.0 Å². The number of nitrogens with one attached hydrogen (secondary N) is 1. The molecule has 0 aromatic carbocycles. The van der Waals surface area contributed by atoms with Crippen LogP contribution in [-0.4, -0.2) is 34.1 Å². The zero-order chi connectivity index (χ0) is 11.3. The molecule has 2 N–H and O–H groups in total. The number of carboxylic acid groups (broad SMARTS) is 1. The molecule has 0 aliphatic rings. The van der Waals surface area contributed by atoms with Crippen molar-refractivity contribution < 1.29 is 9.90 Å². The fourth-order valence-electron chi connectivity index (χ4n) is 1.25. The number of hydrogen-bond acceptors (Lipinski definition) is 4. The molecule has 1 heterocycles. The van der Waals surface area contributed by atoms with Gasteiger partial charge in [0.05, 0.1) is 5.69 Å². The van der Waals surface area contributed by atoms with Gasteiger partial charge in [0.2, 0.25) is 0 Å². The third-order valence-electron chi connectivity index (χ3n) is 1.83. The van der Waals surface area contributed by atoms with Crippen molar-refractivity contribution in [3.63, 3.8) is 0 Å². The summed E-state index contributed by atoms with van der Waals surface area (Å²) in [6.45, 7) is 2.01. The van der Waals surface area contributed by atoms with Crippen LogP contribution in [0.1, 0.15) is 17.4 Å². The molecule has 0 aliphatic heterocycles. The standard InChI is InChI=1S/C10H14N2O2S/c1-7(6-15-2)12-8-4-3-5-11-9(8)10(13)14/h3-5,7,12H,6H2,1-2H3,(H,13,14). The minimum absolute atomic E-state index is 0.0745. The lowest BCUT2D eigenvalue weighted by Crippen LogP contribution is -2.20. The molecule has 4 nitrogen and oxygen atoms in total. The number of nitrogens with zero attached hydrogens (tertiary/aromatic N) is 1. The third-order valence-corrected chi connectivity index (χ3v) is 2.66. The smallest absolute Gasteiger partial charge is 0.356 e. The van der Waals surface area contributed by atoms with Crippen LogP contribution in [0.4, 0.5) is 5.69 Å². The largest absolute Gasteiger partial charge is 0.476 e. The molecule has 1 rings (SSSR count). The van der Waals surface area contributed by atoms with Crippen molar-refractivity contribution in [1.82, 2.24) is 4.98 Å². The molecule has 82 valence electrons. The van der Waals surface area contributed by atoms with Gasteiger partial charge >= 0.3 is 5.97 Å². The Bertz CT molecular complexity index is 344. The monoisotopic (exact) mass is 226 g/mol. The van der Waals surface area contributed by atoms with Gasteiger partial charge in [-0.05, 0) is 25.3 Å². The van der Waals surface area contributed by atoms with Crippen molar-refractivity contribution in [2.45, 2.75) is 13.0 Å². The average molecular weight is 226 g/mol. The van der Waals surface area contributed by atoms with E-state index in [-0.39, 0.29) is 11.7 Å². The van der Waals surface area contributed by atoms with Crippen LogP contribution in [-0.2, 0) is 0 Å². The van der Waals surface area contributed by atoms with E-state index in [0.717, 1.165) is 5.75 Å². The van der Waals surface area contributed by atoms with E-state index < -0.39 is 5.97 Å². The Morgan fingerprint density at radius 3 is 3.07 bits per heavy atom. The summed E-state index contributed by atoms with van der Waals surface area (Å²) in [6.07, 6.45) is 3.49. The van der Waals surface area contributed by atoms with Crippen LogP contribution in [0.25, 0.3) is 0 Å². The Morgan fingerprint density at radius 2 is 2.47 bits per heavy atom. The average Bonchev–Trinajstić information content (AvgIpc) is 2.18. The summed E-state index contributed by atoms with van der Waals surface area (Å²) in [5.74, 6) is -0.0806. The van der Waals surface area contributed by atoms with Gasteiger partial charge in [0.15, 0.2) is 5.69 Å². The molecule has 15 heavy (non-hydrogen) atoms. The Hall–Kier alpha value is -1.23. The first-order chi connectivity index (χ1) is 7.15. The van der Waals surface area contributed by atoms with Gasteiger partial charge in [-0.3, -0.25) is 0 Å². The summed E-state index contributed by atoms with van der Waals surface area (Å²) in [6, 6.07) is 3.68. The minimum Gasteiger partial charge on any atom is -0.476 e. The Morgan fingerprint density at radius 1 is 1.73 bits per heavy atom. The first kappa shape index (κ1) is 11.8. The van der Waals surface area contributed by atoms with E-state index in [0.29, 0.717) is 5.69 Å². The van der Waals surface area contributed by atoms with Crippen LogP contribution >= 0.6 is 11.8 Å². The highest BCUT2D eigenvalue weighted by molar-refractivity contribution is 7.98. The number of anilines is 1. The van der Waals surface area contributed by atoms with Crippen LogP contribution in [0, 0.1) is 0 Å². The Balaban J connectivity index is 2.79. The van der Waals surface area contributed by atoms with Gasteiger partial charge < -0.3 is 10.4 Å². The van der Waals surface area contributed by atoms with E-state index in [4.69, 9.17) is 5.11 Å². The zero-order valence-corrected chi connectivity index (χ0v) is 9.54. The van der Waals surface area contributed by atoms with Gasteiger partial charge in [-0.1, -0.05) is 0 Å². The van der Waals surface area contributed by atoms with E-state index in [2.05, 4.69) is 10.3 Å². The van der Waals surface area contributed by atoms with Crippen LogP contribution in [0.3, 0.4) is 0 Å². The van der Waals surface area contributed by atoms with E-state index >= 15 is 0 Å². The first-order valence-electron chi connectivity index (χ1n) is 4.59. The van der Waals surface area contributed by atoms with Crippen LogP contribution in [0.2, 0.25) is 0 Å². The predicted octanol–water partition coefficient (Wildman–Crippen LogP) is 1.94. The molecule has 0 saturated heterocycles. The summed E-state index contributed by atoms with van der Waals surface area (Å²) in [5.41, 5.74) is 0.650. The third kappa shape index (κ3) is 3.43. The maximum atomic E-state index is 10.9. The highest BCUT2D eigenvalue weighted by Gasteiger charge is 2.12. The normalized spacial score (nSPS) is 12.1. The minimum atomic E-state index is -1.01.